The van der Waals surface area contributed by atoms with Crippen molar-refractivity contribution in [3.05, 3.63) is 35.4 Å². The molecule has 1 fully saturated rings. The molecule has 1 aliphatic heterocycles. The van der Waals surface area contributed by atoms with E-state index in [1.807, 2.05) is 24.3 Å². The van der Waals surface area contributed by atoms with Gasteiger partial charge in [-0.15, -0.1) is 0 Å². The highest BCUT2D eigenvalue weighted by molar-refractivity contribution is 5.72. The average Bonchev–Trinajstić information content (AvgIpc) is 2.79. The van der Waals surface area contributed by atoms with Gasteiger partial charge in [0.1, 0.15) is 0 Å². The Morgan fingerprint density at radius 1 is 1.41 bits per heavy atom. The van der Waals surface area contributed by atoms with Gasteiger partial charge < -0.3 is 15.2 Å². The van der Waals surface area contributed by atoms with Gasteiger partial charge >= 0.3 is 5.97 Å². The van der Waals surface area contributed by atoms with Gasteiger partial charge in [-0.2, -0.15) is 0 Å². The second-order valence-electron chi connectivity index (χ2n) is 4.38. The van der Waals surface area contributed by atoms with E-state index in [-0.39, 0.29) is 11.8 Å². The highest BCUT2D eigenvalue weighted by atomic mass is 16.5. The molecule has 0 bridgehead atoms. The molecule has 0 spiro atoms. The fourth-order valence-electron chi connectivity index (χ4n) is 2.32. The molecule has 1 heterocycles. The maximum Gasteiger partial charge on any atom is 0.308 e. The molecule has 0 radical (unpaired) electrons. The molecule has 1 saturated heterocycles. The summed E-state index contributed by atoms with van der Waals surface area (Å²) >= 11 is 0. The van der Waals surface area contributed by atoms with Crippen LogP contribution in [0.15, 0.2) is 24.3 Å². The molecule has 2 rings (SSSR count). The van der Waals surface area contributed by atoms with Crippen molar-refractivity contribution in [1.82, 2.24) is 5.32 Å². The number of methoxy groups -OCH3 is 1. The van der Waals surface area contributed by atoms with Crippen molar-refractivity contribution in [3.8, 4) is 0 Å². The molecule has 2 unspecified atom stereocenters. The topological polar surface area (TPSA) is 58.6 Å². The van der Waals surface area contributed by atoms with E-state index in [2.05, 4.69) is 5.32 Å². The molecule has 0 saturated carbocycles. The van der Waals surface area contributed by atoms with Crippen LogP contribution in [0.5, 0.6) is 0 Å². The molecule has 4 nitrogen and oxygen atoms in total. The third kappa shape index (κ3) is 2.65. The van der Waals surface area contributed by atoms with Gasteiger partial charge in [0.2, 0.25) is 0 Å². The Balaban J connectivity index is 2.13. The first kappa shape index (κ1) is 12.1. The number of hydrogen-bond acceptors (Lipinski definition) is 3. The molecule has 0 amide bonds. The number of carboxylic acids is 1. The normalized spacial score (nSPS) is 23.8. The molecular formula is C13H17NO3. The molecule has 2 N–H and O–H groups in total. The number of nitrogens with one attached hydrogen (secondary N) is 1. The number of ether oxygens (including phenoxy) is 1. The van der Waals surface area contributed by atoms with Crippen molar-refractivity contribution in [2.24, 2.45) is 5.92 Å². The summed E-state index contributed by atoms with van der Waals surface area (Å²) in [6.45, 7) is 1.88. The monoisotopic (exact) mass is 235 g/mol. The average molecular weight is 235 g/mol. The summed E-state index contributed by atoms with van der Waals surface area (Å²) in [6, 6.07) is 8.00. The standard InChI is InChI=1S/C13H17NO3/c1-17-8-9-2-4-10(5-3-9)11-6-14-7-12(11)13(15)16/h2-5,11-12,14H,6-8H2,1H3,(H,15,16). The van der Waals surface area contributed by atoms with Crippen LogP contribution in [-0.2, 0) is 16.1 Å². The fraction of sp³-hybridized carbons (Fsp3) is 0.462. The van der Waals surface area contributed by atoms with Gasteiger partial charge in [-0.3, -0.25) is 4.79 Å². The van der Waals surface area contributed by atoms with Crippen molar-refractivity contribution in [2.45, 2.75) is 12.5 Å². The zero-order chi connectivity index (χ0) is 12.3. The Morgan fingerprint density at radius 2 is 2.12 bits per heavy atom. The summed E-state index contributed by atoms with van der Waals surface area (Å²) in [5.41, 5.74) is 2.19. The zero-order valence-corrected chi connectivity index (χ0v) is 9.85. The first-order valence-corrected chi connectivity index (χ1v) is 5.73. The Hall–Kier alpha value is -1.39. The highest BCUT2D eigenvalue weighted by Gasteiger charge is 2.33. The Morgan fingerprint density at radius 3 is 2.71 bits per heavy atom. The summed E-state index contributed by atoms with van der Waals surface area (Å²) in [4.78, 5) is 11.1. The Bertz CT molecular complexity index is 388. The number of hydrogen-bond donors (Lipinski definition) is 2. The largest absolute Gasteiger partial charge is 0.481 e. The zero-order valence-electron chi connectivity index (χ0n) is 9.85. The number of carboxylic acid groups (broad SMARTS) is 1. The maximum absolute atomic E-state index is 11.1. The lowest BCUT2D eigenvalue weighted by Gasteiger charge is -2.15. The first-order valence-electron chi connectivity index (χ1n) is 5.73. The minimum atomic E-state index is -0.721. The molecule has 1 aromatic carbocycles. The smallest absolute Gasteiger partial charge is 0.308 e. The van der Waals surface area contributed by atoms with Crippen LogP contribution in [0.1, 0.15) is 17.0 Å². The van der Waals surface area contributed by atoms with Gasteiger partial charge in [-0.05, 0) is 11.1 Å². The molecule has 92 valence electrons. The van der Waals surface area contributed by atoms with Gasteiger partial charge in [-0.25, -0.2) is 0 Å². The van der Waals surface area contributed by atoms with Crippen molar-refractivity contribution in [2.75, 3.05) is 20.2 Å². The van der Waals surface area contributed by atoms with E-state index in [1.165, 1.54) is 0 Å². The van der Waals surface area contributed by atoms with Crippen LogP contribution in [0.3, 0.4) is 0 Å². The highest BCUT2D eigenvalue weighted by Crippen LogP contribution is 2.28. The molecule has 0 aliphatic carbocycles. The quantitative estimate of drug-likeness (QED) is 0.824. The summed E-state index contributed by atoms with van der Waals surface area (Å²) < 4.78 is 5.05. The molecule has 0 aromatic heterocycles. The Kier molecular flexibility index (Phi) is 3.76. The second kappa shape index (κ2) is 5.29. The number of rotatable bonds is 4. The van der Waals surface area contributed by atoms with Crippen molar-refractivity contribution in [3.63, 3.8) is 0 Å². The molecule has 2 atom stereocenters. The molecule has 1 aliphatic rings. The number of carbonyl (C=O) groups is 1. The lowest BCUT2D eigenvalue weighted by Crippen LogP contribution is -2.20. The van der Waals surface area contributed by atoms with Gasteiger partial charge in [0, 0.05) is 26.1 Å². The van der Waals surface area contributed by atoms with Crippen LogP contribution < -0.4 is 5.32 Å². The van der Waals surface area contributed by atoms with E-state index >= 15 is 0 Å². The van der Waals surface area contributed by atoms with Crippen LogP contribution >= 0.6 is 0 Å². The minimum absolute atomic E-state index is 0.0732. The van der Waals surface area contributed by atoms with Crippen LogP contribution in [0, 0.1) is 5.92 Å². The van der Waals surface area contributed by atoms with Crippen molar-refractivity contribution >= 4 is 5.97 Å². The third-order valence-electron chi connectivity index (χ3n) is 3.25. The SMILES string of the molecule is COCc1ccc(C2CNCC2C(=O)O)cc1. The van der Waals surface area contributed by atoms with E-state index in [0.29, 0.717) is 13.2 Å². The third-order valence-corrected chi connectivity index (χ3v) is 3.25. The van der Waals surface area contributed by atoms with Gasteiger partial charge in [-0.1, -0.05) is 24.3 Å². The second-order valence-corrected chi connectivity index (χ2v) is 4.38. The molecule has 1 aromatic rings. The molecular weight excluding hydrogens is 218 g/mol. The van der Waals surface area contributed by atoms with E-state index in [1.54, 1.807) is 7.11 Å². The summed E-state index contributed by atoms with van der Waals surface area (Å²) in [5.74, 6) is -0.965. The fourth-order valence-corrected chi connectivity index (χ4v) is 2.32. The Labute approximate surface area is 101 Å². The lowest BCUT2D eigenvalue weighted by atomic mass is 9.88. The molecule has 17 heavy (non-hydrogen) atoms. The lowest BCUT2D eigenvalue weighted by molar-refractivity contribution is -0.141. The summed E-state index contributed by atoms with van der Waals surface area (Å²) in [6.07, 6.45) is 0. The maximum atomic E-state index is 11.1. The number of aliphatic carboxylic acids is 1. The van der Waals surface area contributed by atoms with E-state index in [4.69, 9.17) is 9.84 Å². The predicted octanol–water partition coefficient (Wildman–Crippen LogP) is 1.22. The van der Waals surface area contributed by atoms with Gasteiger partial charge in [0.25, 0.3) is 0 Å². The van der Waals surface area contributed by atoms with Crippen molar-refractivity contribution < 1.29 is 14.6 Å². The van der Waals surface area contributed by atoms with E-state index in [9.17, 15) is 4.79 Å². The summed E-state index contributed by atoms with van der Waals surface area (Å²) in [7, 11) is 1.66. The van der Waals surface area contributed by atoms with Crippen LogP contribution in [0.25, 0.3) is 0 Å². The minimum Gasteiger partial charge on any atom is -0.481 e. The van der Waals surface area contributed by atoms with Gasteiger partial charge in [0.15, 0.2) is 0 Å². The van der Waals surface area contributed by atoms with Crippen LogP contribution in [0.4, 0.5) is 0 Å². The van der Waals surface area contributed by atoms with E-state index in [0.717, 1.165) is 17.7 Å². The molecule has 4 heteroatoms. The van der Waals surface area contributed by atoms with Crippen molar-refractivity contribution in [1.29, 1.82) is 0 Å². The predicted molar refractivity (Wildman–Crippen MR) is 63.9 cm³/mol. The van der Waals surface area contributed by atoms with Gasteiger partial charge in [0.05, 0.1) is 12.5 Å². The van der Waals surface area contributed by atoms with E-state index < -0.39 is 5.97 Å². The number of benzene rings is 1. The van der Waals surface area contributed by atoms with Crippen LogP contribution in [-0.4, -0.2) is 31.3 Å². The van der Waals surface area contributed by atoms with Crippen LogP contribution in [0.2, 0.25) is 0 Å². The summed E-state index contributed by atoms with van der Waals surface area (Å²) in [5, 5.41) is 12.3. The first-order chi connectivity index (χ1) is 8.22.